The molecular formula is C20H24N4O3S2. The Balaban J connectivity index is 2.07. The zero-order chi connectivity index (χ0) is 21.0. The van der Waals surface area contributed by atoms with Crippen molar-refractivity contribution in [3.8, 4) is 0 Å². The highest BCUT2D eigenvalue weighted by Crippen LogP contribution is 2.33. The number of nitrogens with zero attached hydrogens (tertiary/aromatic N) is 3. The number of aryl methyl sites for hydroxylation is 1. The fraction of sp³-hybridized carbons (Fsp3) is 0.400. The Hall–Kier alpha value is -2.23. The summed E-state index contributed by atoms with van der Waals surface area (Å²) in [5.41, 5.74) is 1.56. The van der Waals surface area contributed by atoms with Crippen molar-refractivity contribution in [1.82, 2.24) is 14.3 Å². The van der Waals surface area contributed by atoms with E-state index in [0.717, 1.165) is 18.4 Å². The first-order valence-corrected chi connectivity index (χ1v) is 10.7. The standard InChI is InChI=1S/C20H24N4O3S2/c1-4-5-9-24-19(26)15(29-20(24)28)12-14-16(21-8-11-27-3)22-17-13(2)7-6-10-23(17)18(14)25/h6-7,10,12,21H,4-5,8-9,11H2,1-3H3. The third kappa shape index (κ3) is 4.52. The number of anilines is 1. The molecule has 2 aromatic rings. The van der Waals surface area contributed by atoms with Gasteiger partial charge in [0.05, 0.1) is 17.1 Å². The van der Waals surface area contributed by atoms with Gasteiger partial charge in [0.25, 0.3) is 11.5 Å². The molecule has 1 aliphatic rings. The van der Waals surface area contributed by atoms with Crippen LogP contribution in [0, 0.1) is 6.92 Å². The molecule has 0 unspecified atom stereocenters. The van der Waals surface area contributed by atoms with E-state index in [1.165, 1.54) is 16.2 Å². The van der Waals surface area contributed by atoms with E-state index in [4.69, 9.17) is 17.0 Å². The van der Waals surface area contributed by atoms with Crippen molar-refractivity contribution in [3.63, 3.8) is 0 Å². The van der Waals surface area contributed by atoms with Gasteiger partial charge in [0.1, 0.15) is 15.8 Å². The van der Waals surface area contributed by atoms with Crippen LogP contribution in [0.15, 0.2) is 28.0 Å². The summed E-state index contributed by atoms with van der Waals surface area (Å²) in [4.78, 5) is 32.7. The number of rotatable bonds is 8. The average Bonchev–Trinajstić information content (AvgIpc) is 2.97. The number of ether oxygens (including phenoxy) is 1. The number of unbranched alkanes of at least 4 members (excludes halogenated alkanes) is 1. The first kappa shape index (κ1) is 21.5. The van der Waals surface area contributed by atoms with Crippen molar-refractivity contribution in [1.29, 1.82) is 0 Å². The lowest BCUT2D eigenvalue weighted by Gasteiger charge is -2.13. The molecule has 3 rings (SSSR count). The molecule has 1 fully saturated rings. The maximum absolute atomic E-state index is 13.2. The highest BCUT2D eigenvalue weighted by molar-refractivity contribution is 8.26. The van der Waals surface area contributed by atoms with Gasteiger partial charge in [-0.3, -0.25) is 18.9 Å². The fourth-order valence-corrected chi connectivity index (χ4v) is 4.28. The predicted octanol–water partition coefficient (Wildman–Crippen LogP) is 3.06. The predicted molar refractivity (Wildman–Crippen MR) is 121 cm³/mol. The van der Waals surface area contributed by atoms with Crippen LogP contribution in [0.2, 0.25) is 0 Å². The van der Waals surface area contributed by atoms with E-state index >= 15 is 0 Å². The lowest BCUT2D eigenvalue weighted by molar-refractivity contribution is -0.122. The first-order valence-electron chi connectivity index (χ1n) is 9.48. The summed E-state index contributed by atoms with van der Waals surface area (Å²) in [5, 5.41) is 3.16. The first-order chi connectivity index (χ1) is 14.0. The van der Waals surface area contributed by atoms with Crippen LogP contribution in [0.1, 0.15) is 30.9 Å². The molecule has 1 N–H and O–H groups in total. The number of methoxy groups -OCH3 is 1. The molecule has 1 aliphatic heterocycles. The molecule has 154 valence electrons. The van der Waals surface area contributed by atoms with Crippen LogP contribution in [0.25, 0.3) is 11.7 Å². The molecule has 29 heavy (non-hydrogen) atoms. The lowest BCUT2D eigenvalue weighted by atomic mass is 10.2. The quantitative estimate of drug-likeness (QED) is 0.390. The molecule has 0 aromatic carbocycles. The Morgan fingerprint density at radius 2 is 2.17 bits per heavy atom. The molecule has 1 saturated heterocycles. The summed E-state index contributed by atoms with van der Waals surface area (Å²) >= 11 is 6.59. The van der Waals surface area contributed by atoms with Gasteiger partial charge in [0, 0.05) is 26.4 Å². The topological polar surface area (TPSA) is 75.9 Å². The summed E-state index contributed by atoms with van der Waals surface area (Å²) < 4.78 is 7.11. The van der Waals surface area contributed by atoms with Crippen molar-refractivity contribution < 1.29 is 9.53 Å². The molecule has 2 aromatic heterocycles. The normalized spacial score (nSPS) is 15.7. The number of carbonyl (C=O) groups is 1. The lowest BCUT2D eigenvalue weighted by Crippen LogP contribution is -2.29. The molecule has 9 heteroatoms. The summed E-state index contributed by atoms with van der Waals surface area (Å²) in [7, 11) is 1.61. The largest absolute Gasteiger partial charge is 0.383 e. The van der Waals surface area contributed by atoms with E-state index in [-0.39, 0.29) is 11.5 Å². The van der Waals surface area contributed by atoms with Crippen molar-refractivity contribution in [2.45, 2.75) is 26.7 Å². The van der Waals surface area contributed by atoms with Gasteiger partial charge in [-0.05, 0) is 31.1 Å². The van der Waals surface area contributed by atoms with Crippen LogP contribution >= 0.6 is 24.0 Å². The summed E-state index contributed by atoms with van der Waals surface area (Å²) in [5.74, 6) is 0.269. The maximum atomic E-state index is 13.2. The number of carbonyl (C=O) groups excluding carboxylic acids is 1. The number of amides is 1. The van der Waals surface area contributed by atoms with Crippen molar-refractivity contribution >= 4 is 51.7 Å². The van der Waals surface area contributed by atoms with Crippen LogP contribution in [0.4, 0.5) is 5.82 Å². The Morgan fingerprint density at radius 3 is 2.90 bits per heavy atom. The van der Waals surface area contributed by atoms with E-state index < -0.39 is 0 Å². The molecule has 1 amide bonds. The monoisotopic (exact) mass is 432 g/mol. The van der Waals surface area contributed by atoms with Gasteiger partial charge >= 0.3 is 0 Å². The van der Waals surface area contributed by atoms with Crippen molar-refractivity contribution in [3.05, 3.63) is 44.7 Å². The fourth-order valence-electron chi connectivity index (χ4n) is 2.99. The zero-order valence-electron chi connectivity index (χ0n) is 16.7. The Bertz CT molecular complexity index is 1030. The van der Waals surface area contributed by atoms with E-state index in [1.807, 2.05) is 13.0 Å². The molecule has 0 spiro atoms. The van der Waals surface area contributed by atoms with Crippen LogP contribution in [0.3, 0.4) is 0 Å². The average molecular weight is 433 g/mol. The molecule has 3 heterocycles. The van der Waals surface area contributed by atoms with Gasteiger partial charge in [0.2, 0.25) is 0 Å². The molecule has 0 saturated carbocycles. The van der Waals surface area contributed by atoms with Crippen molar-refractivity contribution in [2.75, 3.05) is 32.1 Å². The highest BCUT2D eigenvalue weighted by Gasteiger charge is 2.32. The molecule has 0 aliphatic carbocycles. The SMILES string of the molecule is CCCCN1C(=O)C(=Cc2c(NCCOC)nc3c(C)cccn3c2=O)SC1=S. The van der Waals surface area contributed by atoms with E-state index in [2.05, 4.69) is 17.2 Å². The maximum Gasteiger partial charge on any atom is 0.267 e. The minimum atomic E-state index is -0.238. The van der Waals surface area contributed by atoms with Gasteiger partial charge in [-0.1, -0.05) is 43.4 Å². The van der Waals surface area contributed by atoms with Crippen LogP contribution in [-0.4, -0.2) is 51.3 Å². The number of pyridine rings is 1. The van der Waals surface area contributed by atoms with Crippen LogP contribution in [0.5, 0.6) is 0 Å². The van der Waals surface area contributed by atoms with E-state index in [0.29, 0.717) is 46.0 Å². The summed E-state index contributed by atoms with van der Waals surface area (Å²) in [6, 6.07) is 3.71. The molecule has 7 nitrogen and oxygen atoms in total. The van der Waals surface area contributed by atoms with Gasteiger partial charge < -0.3 is 10.1 Å². The highest BCUT2D eigenvalue weighted by atomic mass is 32.2. The number of hydrogen-bond acceptors (Lipinski definition) is 7. The van der Waals surface area contributed by atoms with Crippen LogP contribution in [-0.2, 0) is 9.53 Å². The number of hydrogen-bond donors (Lipinski definition) is 1. The Labute approximate surface area is 179 Å². The second-order valence-electron chi connectivity index (χ2n) is 6.67. The number of fused-ring (bicyclic) bond motifs is 1. The Morgan fingerprint density at radius 1 is 1.38 bits per heavy atom. The summed E-state index contributed by atoms with van der Waals surface area (Å²) in [6.45, 7) is 5.51. The molecule has 0 atom stereocenters. The Kier molecular flexibility index (Phi) is 7.05. The molecular weight excluding hydrogens is 408 g/mol. The van der Waals surface area contributed by atoms with Gasteiger partial charge in [-0.15, -0.1) is 0 Å². The minimum Gasteiger partial charge on any atom is -0.383 e. The second kappa shape index (κ2) is 9.51. The van der Waals surface area contributed by atoms with E-state index in [9.17, 15) is 9.59 Å². The van der Waals surface area contributed by atoms with Gasteiger partial charge in [-0.25, -0.2) is 4.98 Å². The summed E-state index contributed by atoms with van der Waals surface area (Å²) in [6.07, 6.45) is 5.13. The van der Waals surface area contributed by atoms with Gasteiger partial charge in [0.15, 0.2) is 0 Å². The second-order valence-corrected chi connectivity index (χ2v) is 8.35. The number of aromatic nitrogens is 2. The number of thiocarbonyl (C=S) groups is 1. The zero-order valence-corrected chi connectivity index (χ0v) is 18.4. The number of thioether (sulfide) groups is 1. The molecule has 0 radical (unpaired) electrons. The minimum absolute atomic E-state index is 0.162. The van der Waals surface area contributed by atoms with E-state index in [1.54, 1.807) is 30.3 Å². The van der Waals surface area contributed by atoms with Gasteiger partial charge in [-0.2, -0.15) is 0 Å². The van der Waals surface area contributed by atoms with Crippen molar-refractivity contribution in [2.24, 2.45) is 0 Å². The third-order valence-corrected chi connectivity index (χ3v) is 5.94. The third-order valence-electron chi connectivity index (χ3n) is 4.57. The smallest absolute Gasteiger partial charge is 0.267 e. The number of nitrogens with one attached hydrogen (secondary N) is 1. The molecule has 0 bridgehead atoms. The van der Waals surface area contributed by atoms with Crippen LogP contribution < -0.4 is 10.9 Å².